The van der Waals surface area contributed by atoms with Gasteiger partial charge in [-0.25, -0.2) is 0 Å². The summed E-state index contributed by atoms with van der Waals surface area (Å²) in [6, 6.07) is 10.9. The molecule has 0 aliphatic rings. The molecule has 2 nitrogen and oxygen atoms in total. The molecule has 1 aromatic rings. The molecular weight excluding hydrogens is 363 g/mol. The molecule has 0 saturated carbocycles. The van der Waals surface area contributed by atoms with Crippen LogP contribution in [0.5, 0.6) is 0 Å². The second-order valence-electron chi connectivity index (χ2n) is 7.11. The highest BCUT2D eigenvalue weighted by Gasteiger charge is 2.28. The summed E-state index contributed by atoms with van der Waals surface area (Å²) in [5, 5.41) is 0. The predicted molar refractivity (Wildman–Crippen MR) is 108 cm³/mol. The lowest BCUT2D eigenvalue weighted by Crippen LogP contribution is -3.00. The Bertz CT molecular complexity index is 452. The van der Waals surface area contributed by atoms with Crippen molar-refractivity contribution >= 4 is 6.08 Å². The number of halogens is 2. The van der Waals surface area contributed by atoms with Crippen LogP contribution in [0.3, 0.4) is 0 Å². The average molecular weight is 403 g/mol. The summed E-state index contributed by atoms with van der Waals surface area (Å²) in [6.07, 6.45) is 2.46. The van der Waals surface area contributed by atoms with E-state index in [1.54, 1.807) is 5.57 Å². The van der Waals surface area contributed by atoms with E-state index in [2.05, 4.69) is 78.0 Å². The van der Waals surface area contributed by atoms with Gasteiger partial charge in [-0.3, -0.25) is 0 Å². The fourth-order valence-corrected chi connectivity index (χ4v) is 3.80. The Morgan fingerprint density at radius 3 is 1.31 bits per heavy atom. The summed E-state index contributed by atoms with van der Waals surface area (Å²) in [5.41, 5.74) is 2.95. The first-order valence-electron chi connectivity index (χ1n) is 9.97. The predicted octanol–water partition coefficient (Wildman–Crippen LogP) is -1.17. The molecule has 4 heteroatoms. The zero-order valence-electron chi connectivity index (χ0n) is 17.8. The van der Waals surface area contributed by atoms with Gasteiger partial charge in [0.2, 0.25) is 0 Å². The monoisotopic (exact) mass is 402 g/mol. The highest BCUT2D eigenvalue weighted by Crippen LogP contribution is 2.19. The molecule has 0 atom stereocenters. The van der Waals surface area contributed by atoms with Gasteiger partial charge in [0.15, 0.2) is 0 Å². The molecule has 26 heavy (non-hydrogen) atoms. The van der Waals surface area contributed by atoms with Gasteiger partial charge in [-0.1, -0.05) is 30.3 Å². The number of quaternary nitrogens is 2. The number of likely N-dealkylation sites (N-methyl/N-ethyl adjacent to an activating group) is 2. The molecule has 0 aliphatic carbocycles. The Morgan fingerprint density at radius 2 is 1.00 bits per heavy atom. The van der Waals surface area contributed by atoms with Crippen molar-refractivity contribution in [2.45, 2.75) is 41.5 Å². The Balaban J connectivity index is 0. The average Bonchev–Trinajstić information content (AvgIpc) is 2.65. The van der Waals surface area contributed by atoms with Crippen LogP contribution < -0.4 is 24.8 Å². The highest BCUT2D eigenvalue weighted by atomic mass is 35.5. The molecule has 0 aliphatic heterocycles. The van der Waals surface area contributed by atoms with E-state index in [4.69, 9.17) is 0 Å². The van der Waals surface area contributed by atoms with Crippen molar-refractivity contribution in [2.24, 2.45) is 0 Å². The third-order valence-electron chi connectivity index (χ3n) is 6.27. The third kappa shape index (κ3) is 7.60. The van der Waals surface area contributed by atoms with Crippen LogP contribution in [0.15, 0.2) is 35.9 Å². The second kappa shape index (κ2) is 13.6. The molecule has 0 amide bonds. The first kappa shape index (κ1) is 27.7. The van der Waals surface area contributed by atoms with Gasteiger partial charge >= 0.3 is 0 Å². The molecule has 0 saturated heterocycles. The third-order valence-corrected chi connectivity index (χ3v) is 6.27. The van der Waals surface area contributed by atoms with Crippen LogP contribution in [0.4, 0.5) is 0 Å². The van der Waals surface area contributed by atoms with Crippen LogP contribution in [0.2, 0.25) is 0 Å². The number of hydrogen-bond acceptors (Lipinski definition) is 0. The van der Waals surface area contributed by atoms with Gasteiger partial charge in [0.1, 0.15) is 13.1 Å². The Kier molecular flexibility index (Phi) is 14.5. The lowest BCUT2D eigenvalue weighted by molar-refractivity contribution is -0.932. The number of rotatable bonds is 11. The number of nitrogens with zero attached hydrogens (tertiary/aromatic N) is 2. The molecule has 0 aromatic heterocycles. The summed E-state index contributed by atoms with van der Waals surface area (Å²) in [5.74, 6) is 0. The minimum absolute atomic E-state index is 0. The fourth-order valence-electron chi connectivity index (χ4n) is 3.80. The summed E-state index contributed by atoms with van der Waals surface area (Å²) < 4.78 is 2.38. The van der Waals surface area contributed by atoms with Gasteiger partial charge in [-0.15, -0.1) is 0 Å². The molecule has 0 unspecified atom stereocenters. The standard InChI is InChI=1S/C22H40N2.2ClH/c1-7-23(8-2,9-3)19-22(18-21-16-14-13-15-17-21)20-24(10-4,11-5)12-6;;/h13-18H,7-12,19-20H2,1-6H3;2*1H/q+2;;/p-2. The van der Waals surface area contributed by atoms with Gasteiger partial charge in [0.25, 0.3) is 0 Å². The van der Waals surface area contributed by atoms with Crippen molar-refractivity contribution in [1.29, 1.82) is 0 Å². The smallest absolute Gasteiger partial charge is 0.106 e. The van der Waals surface area contributed by atoms with E-state index in [0.717, 1.165) is 0 Å². The first-order valence-corrected chi connectivity index (χ1v) is 9.97. The van der Waals surface area contributed by atoms with Crippen LogP contribution >= 0.6 is 0 Å². The molecule has 0 spiro atoms. The van der Waals surface area contributed by atoms with Crippen LogP contribution in [-0.4, -0.2) is 61.3 Å². The van der Waals surface area contributed by atoms with E-state index < -0.39 is 0 Å². The molecule has 0 N–H and O–H groups in total. The maximum absolute atomic E-state index is 2.46. The van der Waals surface area contributed by atoms with Gasteiger partial charge in [-0.05, 0) is 53.2 Å². The first-order chi connectivity index (χ1) is 11.5. The minimum Gasteiger partial charge on any atom is -1.00 e. The highest BCUT2D eigenvalue weighted by molar-refractivity contribution is 5.53. The van der Waals surface area contributed by atoms with E-state index >= 15 is 0 Å². The summed E-state index contributed by atoms with van der Waals surface area (Å²) in [6.45, 7) is 23.7. The maximum atomic E-state index is 2.46. The molecule has 0 radical (unpaired) electrons. The summed E-state index contributed by atoms with van der Waals surface area (Å²) in [7, 11) is 0. The van der Waals surface area contributed by atoms with Gasteiger partial charge in [0, 0.05) is 5.57 Å². The van der Waals surface area contributed by atoms with E-state index in [1.165, 1.54) is 66.9 Å². The van der Waals surface area contributed by atoms with Crippen LogP contribution in [0.25, 0.3) is 6.08 Å². The van der Waals surface area contributed by atoms with Crippen molar-refractivity contribution in [2.75, 3.05) is 52.4 Å². The van der Waals surface area contributed by atoms with Crippen molar-refractivity contribution in [1.82, 2.24) is 0 Å². The zero-order valence-corrected chi connectivity index (χ0v) is 19.3. The lowest BCUT2D eigenvalue weighted by Gasteiger charge is -2.40. The molecule has 0 fully saturated rings. The van der Waals surface area contributed by atoms with Crippen molar-refractivity contribution in [3.63, 3.8) is 0 Å². The van der Waals surface area contributed by atoms with Crippen LogP contribution in [0.1, 0.15) is 47.1 Å². The molecule has 152 valence electrons. The zero-order chi connectivity index (χ0) is 18.1. The maximum Gasteiger partial charge on any atom is 0.106 e. The molecule has 0 bridgehead atoms. The Morgan fingerprint density at radius 1 is 0.654 bits per heavy atom. The van der Waals surface area contributed by atoms with Gasteiger partial charge in [-0.2, -0.15) is 0 Å². The fraction of sp³-hybridized carbons (Fsp3) is 0.636. The summed E-state index contributed by atoms with van der Waals surface area (Å²) in [4.78, 5) is 0. The second-order valence-corrected chi connectivity index (χ2v) is 7.11. The Labute approximate surface area is 175 Å². The summed E-state index contributed by atoms with van der Waals surface area (Å²) >= 11 is 0. The number of hydrogen-bond donors (Lipinski definition) is 0. The normalized spacial score (nSPS) is 11.3. The molecule has 1 aromatic carbocycles. The van der Waals surface area contributed by atoms with Crippen molar-refractivity contribution < 1.29 is 33.8 Å². The van der Waals surface area contributed by atoms with Crippen LogP contribution in [-0.2, 0) is 0 Å². The lowest BCUT2D eigenvalue weighted by atomic mass is 10.1. The van der Waals surface area contributed by atoms with Crippen LogP contribution in [0, 0.1) is 0 Å². The van der Waals surface area contributed by atoms with E-state index in [-0.39, 0.29) is 24.8 Å². The minimum atomic E-state index is 0. The number of benzene rings is 1. The van der Waals surface area contributed by atoms with E-state index in [9.17, 15) is 0 Å². The van der Waals surface area contributed by atoms with E-state index in [0.29, 0.717) is 0 Å². The van der Waals surface area contributed by atoms with Gasteiger partial charge in [0.05, 0.1) is 39.3 Å². The Hall–Kier alpha value is -0.540. The molecule has 1 rings (SSSR count). The van der Waals surface area contributed by atoms with Crippen molar-refractivity contribution in [3.05, 3.63) is 41.5 Å². The molecular formula is C22H40Cl2N2. The molecule has 0 heterocycles. The largest absolute Gasteiger partial charge is 1.00 e. The van der Waals surface area contributed by atoms with Gasteiger partial charge < -0.3 is 33.8 Å². The SMILES string of the molecule is CC[N+](CC)(CC)CC(=Cc1ccccc1)C[N+](CC)(CC)CC.[Cl-].[Cl-]. The quantitative estimate of drug-likeness (QED) is 0.409. The van der Waals surface area contributed by atoms with E-state index in [1.807, 2.05) is 0 Å². The topological polar surface area (TPSA) is 0 Å². The van der Waals surface area contributed by atoms with Crippen molar-refractivity contribution in [3.8, 4) is 0 Å².